The van der Waals surface area contributed by atoms with Gasteiger partial charge in [-0.3, -0.25) is 0 Å². The lowest BCUT2D eigenvalue weighted by Crippen LogP contribution is -2.28. The second kappa shape index (κ2) is 9.16. The Labute approximate surface area is 207 Å². The Hall–Kier alpha value is -2.70. The zero-order valence-corrected chi connectivity index (χ0v) is 22.2. The van der Waals surface area contributed by atoms with Crippen molar-refractivity contribution in [2.45, 2.75) is 51.0 Å². The number of fused-ring (bicyclic) bond motifs is 2. The number of benzene rings is 4. The van der Waals surface area contributed by atoms with E-state index in [1.807, 2.05) is 90.1 Å². The summed E-state index contributed by atoms with van der Waals surface area (Å²) in [6.07, 6.45) is 0. The van der Waals surface area contributed by atoms with E-state index in [9.17, 15) is 8.42 Å². The summed E-state index contributed by atoms with van der Waals surface area (Å²) < 4.78 is 32.0. The van der Waals surface area contributed by atoms with E-state index >= 15 is 0 Å². The lowest BCUT2D eigenvalue weighted by molar-refractivity contribution is 0.653. The summed E-state index contributed by atoms with van der Waals surface area (Å²) >= 11 is 0. The fraction of sp³-hybridized carbons (Fsp3) is 0.286. The highest BCUT2D eigenvalue weighted by Crippen LogP contribution is 2.44. The Bertz CT molecular complexity index is 1310. The average Bonchev–Trinajstić information content (AvgIpc) is 2.78. The predicted octanol–water partition coefficient (Wildman–Crippen LogP) is 7.41. The van der Waals surface area contributed by atoms with Gasteiger partial charge in [-0.2, -0.15) is 0 Å². The van der Waals surface area contributed by atoms with E-state index in [0.29, 0.717) is 0 Å². The Morgan fingerprint density at radius 2 is 0.882 bits per heavy atom. The minimum absolute atomic E-state index is 0.434. The van der Waals surface area contributed by atoms with Crippen LogP contribution >= 0.6 is 0 Å². The van der Waals surface area contributed by atoms with Gasteiger partial charge < -0.3 is 9.44 Å². The van der Waals surface area contributed by atoms with Crippen molar-refractivity contribution in [1.82, 2.24) is 0 Å². The van der Waals surface area contributed by atoms with Crippen LogP contribution in [-0.4, -0.2) is 17.9 Å². The third-order valence-electron chi connectivity index (χ3n) is 5.63. The zero-order chi connectivity index (χ0) is 24.7. The van der Waals surface area contributed by atoms with Crippen molar-refractivity contribution in [3.8, 4) is 11.1 Å². The van der Waals surface area contributed by atoms with Crippen molar-refractivity contribution in [2.24, 2.45) is 0 Å². The second-order valence-electron chi connectivity index (χ2n) is 10.4. The molecule has 0 aromatic heterocycles. The maximum atomic E-state index is 13.1. The minimum atomic E-state index is -1.31. The van der Waals surface area contributed by atoms with Crippen LogP contribution in [0.4, 0.5) is 11.4 Å². The fourth-order valence-electron chi connectivity index (χ4n) is 3.76. The van der Waals surface area contributed by atoms with Crippen LogP contribution in [0, 0.1) is 0 Å². The molecule has 4 aromatic carbocycles. The molecule has 0 unspecified atom stereocenters. The molecule has 34 heavy (non-hydrogen) atoms. The molecule has 0 bridgehead atoms. The summed E-state index contributed by atoms with van der Waals surface area (Å²) in [6, 6.07) is 24.5. The fourth-order valence-corrected chi connectivity index (χ4v) is 5.11. The second-order valence-corrected chi connectivity index (χ2v) is 14.3. The Morgan fingerprint density at radius 3 is 1.24 bits per heavy atom. The predicted molar refractivity (Wildman–Crippen MR) is 150 cm³/mol. The van der Waals surface area contributed by atoms with Crippen LogP contribution in [0.1, 0.15) is 41.5 Å². The first-order valence-corrected chi connectivity index (χ1v) is 13.7. The maximum Gasteiger partial charge on any atom is 0.122 e. The maximum absolute atomic E-state index is 13.1. The highest BCUT2D eigenvalue weighted by Gasteiger charge is 2.25. The van der Waals surface area contributed by atoms with Crippen molar-refractivity contribution < 1.29 is 8.42 Å². The molecule has 0 fully saturated rings. The van der Waals surface area contributed by atoms with Gasteiger partial charge in [0.15, 0.2) is 0 Å². The third-order valence-corrected chi connectivity index (χ3v) is 8.66. The summed E-state index contributed by atoms with van der Waals surface area (Å²) in [5.74, 6) is 0. The molecule has 2 N–H and O–H groups in total. The van der Waals surface area contributed by atoms with Gasteiger partial charge in [0.1, 0.15) is 22.0 Å². The minimum Gasteiger partial charge on any atom is -0.304 e. The largest absolute Gasteiger partial charge is 0.304 e. The molecule has 0 saturated heterocycles. The van der Waals surface area contributed by atoms with E-state index in [1.54, 1.807) is 0 Å². The summed E-state index contributed by atoms with van der Waals surface area (Å²) in [7, 11) is -2.62. The first-order chi connectivity index (χ1) is 16.0. The van der Waals surface area contributed by atoms with Crippen molar-refractivity contribution in [3.05, 3.63) is 72.8 Å². The first-order valence-electron chi connectivity index (χ1n) is 11.4. The number of rotatable bonds is 5. The molecule has 0 heterocycles. The lowest BCUT2D eigenvalue weighted by atomic mass is 9.91. The van der Waals surface area contributed by atoms with Gasteiger partial charge in [-0.05, 0) is 75.2 Å². The highest BCUT2D eigenvalue weighted by atomic mass is 32.2. The molecule has 6 heteroatoms. The molecule has 4 aromatic rings. The number of nitrogens with one attached hydrogen (secondary N) is 2. The molecule has 2 atom stereocenters. The van der Waals surface area contributed by atoms with Crippen LogP contribution in [0.2, 0.25) is 0 Å². The molecule has 0 amide bonds. The average molecular weight is 493 g/mol. The van der Waals surface area contributed by atoms with Gasteiger partial charge >= 0.3 is 0 Å². The van der Waals surface area contributed by atoms with Gasteiger partial charge in [0.05, 0.1) is 20.9 Å². The summed E-state index contributed by atoms with van der Waals surface area (Å²) in [6.45, 7) is 11.7. The van der Waals surface area contributed by atoms with E-state index in [-0.39, 0.29) is 0 Å². The molecule has 0 aliphatic heterocycles. The molecular formula is C28H32N2O2S2. The van der Waals surface area contributed by atoms with Crippen molar-refractivity contribution >= 4 is 54.9 Å². The molecule has 178 valence electrons. The van der Waals surface area contributed by atoms with Gasteiger partial charge in [0, 0.05) is 11.1 Å². The Kier molecular flexibility index (Phi) is 6.58. The standard InChI is InChI=1S/C28H32N2O2S2/c1-27(2,3)33(31)29-23-17-15-19-11-7-9-13-21(19)25(23)26-22-14-10-8-12-20(22)16-18-24(26)30-34(32)28(4,5)6/h7-18,29-30H,1-6H3/t33-,34-/m0/s1. The van der Waals surface area contributed by atoms with E-state index in [2.05, 4.69) is 33.7 Å². The number of hydrogen-bond acceptors (Lipinski definition) is 2. The van der Waals surface area contributed by atoms with Gasteiger partial charge in [-0.25, -0.2) is 8.42 Å². The smallest absolute Gasteiger partial charge is 0.122 e. The summed E-state index contributed by atoms with van der Waals surface area (Å²) in [5, 5.41) is 4.25. The monoisotopic (exact) mass is 492 g/mol. The van der Waals surface area contributed by atoms with Gasteiger partial charge in [0.2, 0.25) is 0 Å². The van der Waals surface area contributed by atoms with Crippen LogP contribution in [-0.2, 0) is 22.0 Å². The summed E-state index contributed by atoms with van der Waals surface area (Å²) in [4.78, 5) is 0. The molecule has 0 saturated carbocycles. The molecule has 0 radical (unpaired) electrons. The molecule has 4 rings (SSSR count). The molecule has 0 aliphatic rings. The third kappa shape index (κ3) is 4.89. The van der Waals surface area contributed by atoms with Crippen LogP contribution in [0.25, 0.3) is 32.7 Å². The van der Waals surface area contributed by atoms with Crippen LogP contribution in [0.5, 0.6) is 0 Å². The number of hydrogen-bond donors (Lipinski definition) is 2. The van der Waals surface area contributed by atoms with Gasteiger partial charge in [0.25, 0.3) is 0 Å². The Morgan fingerprint density at radius 1 is 0.529 bits per heavy atom. The lowest BCUT2D eigenvalue weighted by Gasteiger charge is -2.25. The van der Waals surface area contributed by atoms with E-state index < -0.39 is 31.5 Å². The van der Waals surface area contributed by atoms with Crippen molar-refractivity contribution in [1.29, 1.82) is 0 Å². The number of anilines is 2. The van der Waals surface area contributed by atoms with Crippen LogP contribution in [0.3, 0.4) is 0 Å². The van der Waals surface area contributed by atoms with E-state index in [1.165, 1.54) is 0 Å². The topological polar surface area (TPSA) is 58.2 Å². The van der Waals surface area contributed by atoms with Gasteiger partial charge in [-0.15, -0.1) is 0 Å². The SMILES string of the molecule is CC(C)(C)[S@](=O)Nc1ccc2ccccc2c1-c1c(N[S@@](=O)C(C)(C)C)ccc2ccccc12. The quantitative estimate of drug-likeness (QED) is 0.305. The molecule has 0 spiro atoms. The zero-order valence-electron chi connectivity index (χ0n) is 20.6. The molecular weight excluding hydrogens is 460 g/mol. The first kappa shape index (κ1) is 24.4. The Balaban J connectivity index is 2.06. The van der Waals surface area contributed by atoms with Crippen LogP contribution in [0.15, 0.2) is 72.8 Å². The molecule has 4 nitrogen and oxygen atoms in total. The van der Waals surface area contributed by atoms with Crippen LogP contribution < -0.4 is 9.44 Å². The molecule has 0 aliphatic carbocycles. The van der Waals surface area contributed by atoms with Gasteiger partial charge in [-0.1, -0.05) is 60.7 Å². The normalized spacial score (nSPS) is 14.2. The summed E-state index contributed by atoms with van der Waals surface area (Å²) in [5.41, 5.74) is 3.46. The van der Waals surface area contributed by atoms with Crippen molar-refractivity contribution in [3.63, 3.8) is 0 Å². The van der Waals surface area contributed by atoms with E-state index in [0.717, 1.165) is 44.0 Å². The highest BCUT2D eigenvalue weighted by molar-refractivity contribution is 7.88. The van der Waals surface area contributed by atoms with E-state index in [4.69, 9.17) is 0 Å². The van der Waals surface area contributed by atoms with Crippen molar-refractivity contribution in [2.75, 3.05) is 9.44 Å².